The molecule has 1 aromatic rings. The molecule has 0 bridgehead atoms. The van der Waals surface area contributed by atoms with E-state index in [9.17, 15) is 8.78 Å². The van der Waals surface area contributed by atoms with Gasteiger partial charge in [-0.25, -0.2) is 8.78 Å². The van der Waals surface area contributed by atoms with Crippen LogP contribution in [0.5, 0.6) is 0 Å². The van der Waals surface area contributed by atoms with Crippen molar-refractivity contribution in [1.29, 1.82) is 0 Å². The fourth-order valence-electron chi connectivity index (χ4n) is 1.55. The molecule has 5 heteroatoms. The second-order valence-electron chi connectivity index (χ2n) is 3.35. The van der Waals surface area contributed by atoms with E-state index in [0.29, 0.717) is 18.8 Å². The second-order valence-corrected chi connectivity index (χ2v) is 3.35. The fourth-order valence-corrected chi connectivity index (χ4v) is 1.55. The number of alkyl halides is 2. The second kappa shape index (κ2) is 5.80. The van der Waals surface area contributed by atoms with E-state index in [4.69, 9.17) is 0 Å². The van der Waals surface area contributed by atoms with Gasteiger partial charge in [0, 0.05) is 12.7 Å². The molecule has 0 saturated carbocycles. The van der Waals surface area contributed by atoms with Gasteiger partial charge in [-0.3, -0.25) is 4.68 Å². The Hall–Kier alpha value is -0.970. The minimum absolute atomic E-state index is 0.520. The monoisotopic (exact) mass is 217 g/mol. The molecular formula is C10H17F2N3. The lowest BCUT2D eigenvalue weighted by Gasteiger charge is -2.18. The van der Waals surface area contributed by atoms with E-state index < -0.39 is 12.5 Å². The summed E-state index contributed by atoms with van der Waals surface area (Å²) in [5.74, 6) is 0. The van der Waals surface area contributed by atoms with E-state index in [1.807, 2.05) is 13.8 Å². The van der Waals surface area contributed by atoms with Crippen LogP contribution in [-0.2, 0) is 6.54 Å². The first-order valence-electron chi connectivity index (χ1n) is 5.23. The summed E-state index contributed by atoms with van der Waals surface area (Å²) >= 11 is 0. The van der Waals surface area contributed by atoms with E-state index in [0.717, 1.165) is 6.42 Å². The van der Waals surface area contributed by atoms with Crippen molar-refractivity contribution in [2.45, 2.75) is 39.3 Å². The molecule has 0 amide bonds. The molecule has 0 aliphatic rings. The maximum Gasteiger partial charge on any atom is 0.259 e. The first-order chi connectivity index (χ1) is 7.20. The normalized spacial score (nSPS) is 13.4. The number of halogens is 2. The van der Waals surface area contributed by atoms with Gasteiger partial charge in [0.25, 0.3) is 6.43 Å². The van der Waals surface area contributed by atoms with E-state index in [1.54, 1.807) is 16.9 Å². The highest BCUT2D eigenvalue weighted by Gasteiger charge is 2.24. The lowest BCUT2D eigenvalue weighted by molar-refractivity contribution is 0.0949. The largest absolute Gasteiger partial charge is 0.304 e. The zero-order valence-corrected chi connectivity index (χ0v) is 9.08. The van der Waals surface area contributed by atoms with Gasteiger partial charge < -0.3 is 5.32 Å². The van der Waals surface area contributed by atoms with Crippen LogP contribution in [0.2, 0.25) is 0 Å². The molecular weight excluding hydrogens is 200 g/mol. The first kappa shape index (κ1) is 12.1. The molecule has 3 nitrogen and oxygen atoms in total. The number of aryl methyl sites for hydroxylation is 1. The minimum atomic E-state index is -2.41. The fraction of sp³-hybridized carbons (Fsp3) is 0.700. The lowest BCUT2D eigenvalue weighted by Crippen LogP contribution is -2.29. The molecule has 0 aliphatic heterocycles. The van der Waals surface area contributed by atoms with Gasteiger partial charge in [-0.05, 0) is 19.0 Å². The number of nitrogens with one attached hydrogen (secondary N) is 1. The predicted octanol–water partition coefficient (Wildman–Crippen LogP) is 2.21. The molecule has 1 heterocycles. The zero-order valence-electron chi connectivity index (χ0n) is 9.08. The summed E-state index contributed by atoms with van der Waals surface area (Å²) in [6, 6.07) is 0.735. The minimum Gasteiger partial charge on any atom is -0.304 e. The highest BCUT2D eigenvalue weighted by molar-refractivity contribution is 5.08. The van der Waals surface area contributed by atoms with E-state index in [1.165, 1.54) is 0 Å². The molecule has 0 radical (unpaired) electrons. The molecule has 1 atom stereocenters. The number of aromatic nitrogens is 2. The van der Waals surface area contributed by atoms with Crippen molar-refractivity contribution in [3.63, 3.8) is 0 Å². The smallest absolute Gasteiger partial charge is 0.259 e. The molecule has 0 spiro atoms. The molecule has 0 aromatic carbocycles. The Bertz CT molecular complexity index is 286. The average molecular weight is 217 g/mol. The van der Waals surface area contributed by atoms with E-state index in [-0.39, 0.29) is 0 Å². The van der Waals surface area contributed by atoms with Gasteiger partial charge in [-0.1, -0.05) is 13.8 Å². The maximum absolute atomic E-state index is 12.8. The SMILES string of the molecule is CCCn1nccc1C(NCC)C(F)F. The molecule has 0 fully saturated rings. The summed E-state index contributed by atoms with van der Waals surface area (Å²) in [4.78, 5) is 0. The predicted molar refractivity (Wildman–Crippen MR) is 54.9 cm³/mol. The third kappa shape index (κ3) is 2.99. The molecule has 1 unspecified atom stereocenters. The summed E-state index contributed by atoms with van der Waals surface area (Å²) in [5.41, 5.74) is 0.564. The lowest BCUT2D eigenvalue weighted by atomic mass is 10.2. The van der Waals surface area contributed by atoms with Gasteiger partial charge in [0.1, 0.15) is 6.04 Å². The van der Waals surface area contributed by atoms with Crippen molar-refractivity contribution in [3.05, 3.63) is 18.0 Å². The van der Waals surface area contributed by atoms with Crippen LogP contribution in [-0.4, -0.2) is 22.8 Å². The Morgan fingerprint density at radius 3 is 2.73 bits per heavy atom. The topological polar surface area (TPSA) is 29.9 Å². The molecule has 1 aromatic heterocycles. The highest BCUT2D eigenvalue weighted by Crippen LogP contribution is 2.20. The Morgan fingerprint density at radius 1 is 1.47 bits per heavy atom. The van der Waals surface area contributed by atoms with Crippen LogP contribution >= 0.6 is 0 Å². The van der Waals surface area contributed by atoms with Crippen molar-refractivity contribution < 1.29 is 8.78 Å². The summed E-state index contributed by atoms with van der Waals surface area (Å²) in [7, 11) is 0. The first-order valence-corrected chi connectivity index (χ1v) is 5.23. The molecule has 1 rings (SSSR count). The van der Waals surface area contributed by atoms with E-state index >= 15 is 0 Å². The van der Waals surface area contributed by atoms with Gasteiger partial charge in [-0.2, -0.15) is 5.10 Å². The third-order valence-electron chi connectivity index (χ3n) is 2.18. The summed E-state index contributed by atoms with van der Waals surface area (Å²) in [6.07, 6.45) is 0.0475. The van der Waals surface area contributed by atoms with Crippen LogP contribution in [0, 0.1) is 0 Å². The van der Waals surface area contributed by atoms with Crippen LogP contribution in [0.15, 0.2) is 12.3 Å². The summed E-state index contributed by atoms with van der Waals surface area (Å²) in [5, 5.41) is 6.81. The number of hydrogen-bond donors (Lipinski definition) is 1. The summed E-state index contributed by atoms with van der Waals surface area (Å²) in [6.45, 7) is 5.01. The van der Waals surface area contributed by atoms with Gasteiger partial charge in [0.15, 0.2) is 0 Å². The van der Waals surface area contributed by atoms with Crippen molar-refractivity contribution in [3.8, 4) is 0 Å². The Labute approximate surface area is 88.5 Å². The molecule has 0 aliphatic carbocycles. The molecule has 0 saturated heterocycles. The van der Waals surface area contributed by atoms with Crippen molar-refractivity contribution >= 4 is 0 Å². The number of nitrogens with zero attached hydrogens (tertiary/aromatic N) is 2. The molecule has 86 valence electrons. The summed E-state index contributed by atoms with van der Waals surface area (Å²) < 4.78 is 27.2. The maximum atomic E-state index is 12.8. The van der Waals surface area contributed by atoms with Gasteiger partial charge in [-0.15, -0.1) is 0 Å². The van der Waals surface area contributed by atoms with Crippen molar-refractivity contribution in [1.82, 2.24) is 15.1 Å². The number of rotatable bonds is 6. The van der Waals surface area contributed by atoms with Crippen LogP contribution in [0.1, 0.15) is 32.0 Å². The van der Waals surface area contributed by atoms with Crippen molar-refractivity contribution in [2.24, 2.45) is 0 Å². The molecule has 1 N–H and O–H groups in total. The van der Waals surface area contributed by atoms with Crippen LogP contribution in [0.4, 0.5) is 8.78 Å². The van der Waals surface area contributed by atoms with E-state index in [2.05, 4.69) is 10.4 Å². The standard InChI is InChI=1S/C10H17F2N3/c1-3-7-15-8(5-6-14-15)9(10(11)12)13-4-2/h5-6,9-10,13H,3-4,7H2,1-2H3. The molecule has 15 heavy (non-hydrogen) atoms. The Balaban J connectivity index is 2.84. The van der Waals surface area contributed by atoms with Crippen LogP contribution < -0.4 is 5.32 Å². The Kier molecular flexibility index (Phi) is 4.68. The van der Waals surface area contributed by atoms with Crippen molar-refractivity contribution in [2.75, 3.05) is 6.54 Å². The third-order valence-corrected chi connectivity index (χ3v) is 2.18. The average Bonchev–Trinajstić information content (AvgIpc) is 2.62. The van der Waals surface area contributed by atoms with Gasteiger partial charge in [0.05, 0.1) is 5.69 Å². The number of hydrogen-bond acceptors (Lipinski definition) is 2. The Morgan fingerprint density at radius 2 is 2.20 bits per heavy atom. The quantitative estimate of drug-likeness (QED) is 0.791. The van der Waals surface area contributed by atoms with Crippen LogP contribution in [0.3, 0.4) is 0 Å². The highest BCUT2D eigenvalue weighted by atomic mass is 19.3. The van der Waals surface area contributed by atoms with Crippen LogP contribution in [0.25, 0.3) is 0 Å². The zero-order chi connectivity index (χ0) is 11.3. The van der Waals surface area contributed by atoms with Gasteiger partial charge in [0.2, 0.25) is 0 Å². The van der Waals surface area contributed by atoms with Gasteiger partial charge >= 0.3 is 0 Å².